The summed E-state index contributed by atoms with van der Waals surface area (Å²) >= 11 is 5.61. The number of nitrogens with zero attached hydrogens (tertiary/aromatic N) is 2. The summed E-state index contributed by atoms with van der Waals surface area (Å²) in [5.74, 6) is 1.53. The van der Waals surface area contributed by atoms with Crippen molar-refractivity contribution in [1.82, 2.24) is 4.90 Å². The zero-order valence-corrected chi connectivity index (χ0v) is 16.7. The molecule has 0 aromatic heterocycles. The lowest BCUT2D eigenvalue weighted by Crippen LogP contribution is -2.50. The minimum atomic E-state index is -0.441. The van der Waals surface area contributed by atoms with Gasteiger partial charge in [0.25, 0.3) is 0 Å². The van der Waals surface area contributed by atoms with Crippen molar-refractivity contribution in [1.29, 1.82) is 0 Å². The largest absolute Gasteiger partial charge is 0.444 e. The third-order valence-electron chi connectivity index (χ3n) is 4.97. The van der Waals surface area contributed by atoms with Crippen LogP contribution in [0.2, 0.25) is 0 Å². The molecule has 0 radical (unpaired) electrons. The SMILES string of the molecule is CC(C)(C)OC(=O)N1CCC2C(C1)c1cc(Br)cc3c1N2CCS3. The van der Waals surface area contributed by atoms with E-state index in [1.54, 1.807) is 0 Å². The number of hydrogen-bond acceptors (Lipinski definition) is 4. The molecule has 3 heterocycles. The van der Waals surface area contributed by atoms with Gasteiger partial charge < -0.3 is 14.5 Å². The van der Waals surface area contributed by atoms with Crippen molar-refractivity contribution >= 4 is 39.5 Å². The molecule has 1 fully saturated rings. The Balaban J connectivity index is 1.62. The maximum absolute atomic E-state index is 12.5. The minimum absolute atomic E-state index is 0.180. The molecular weight excluding hydrogens is 388 g/mol. The maximum Gasteiger partial charge on any atom is 0.410 e. The average Bonchev–Trinajstić information content (AvgIpc) is 2.81. The van der Waals surface area contributed by atoms with Gasteiger partial charge in [-0.3, -0.25) is 0 Å². The Labute approximate surface area is 156 Å². The van der Waals surface area contributed by atoms with E-state index in [9.17, 15) is 4.79 Å². The van der Waals surface area contributed by atoms with Crippen molar-refractivity contribution in [3.8, 4) is 0 Å². The second-order valence-corrected chi connectivity index (χ2v) is 9.82. The van der Waals surface area contributed by atoms with Crippen LogP contribution in [0.1, 0.15) is 38.7 Å². The van der Waals surface area contributed by atoms with Gasteiger partial charge in [-0.1, -0.05) is 15.9 Å². The van der Waals surface area contributed by atoms with Gasteiger partial charge >= 0.3 is 6.09 Å². The van der Waals surface area contributed by atoms with Crippen molar-refractivity contribution < 1.29 is 9.53 Å². The van der Waals surface area contributed by atoms with Crippen LogP contribution < -0.4 is 4.90 Å². The predicted molar refractivity (Wildman–Crippen MR) is 101 cm³/mol. The molecule has 4 rings (SSSR count). The predicted octanol–water partition coefficient (Wildman–Crippen LogP) is 4.47. The number of rotatable bonds is 0. The van der Waals surface area contributed by atoms with Crippen LogP contribution in [0.4, 0.5) is 10.5 Å². The van der Waals surface area contributed by atoms with Crippen molar-refractivity contribution in [3.63, 3.8) is 0 Å². The first kappa shape index (κ1) is 16.6. The summed E-state index contributed by atoms with van der Waals surface area (Å²) in [7, 11) is 0. The number of hydrogen-bond donors (Lipinski definition) is 0. The molecule has 0 aliphatic carbocycles. The van der Waals surface area contributed by atoms with E-state index in [4.69, 9.17) is 4.74 Å². The smallest absolute Gasteiger partial charge is 0.410 e. The molecule has 0 spiro atoms. The molecule has 1 aromatic rings. The summed E-state index contributed by atoms with van der Waals surface area (Å²) in [5, 5.41) is 0. The number of ether oxygens (including phenoxy) is 1. The molecule has 1 amide bonds. The Bertz CT molecular complexity index is 688. The van der Waals surface area contributed by atoms with Crippen LogP contribution >= 0.6 is 27.7 Å². The third kappa shape index (κ3) is 2.81. The number of carbonyl (C=O) groups excluding carboxylic acids is 1. The number of amides is 1. The number of thioether (sulfide) groups is 1. The van der Waals surface area contributed by atoms with E-state index in [2.05, 4.69) is 33.0 Å². The molecule has 3 aliphatic heterocycles. The lowest BCUT2D eigenvalue weighted by Gasteiger charge is -2.40. The number of halogens is 1. The third-order valence-corrected chi connectivity index (χ3v) is 6.44. The van der Waals surface area contributed by atoms with Crippen LogP contribution in [-0.2, 0) is 4.74 Å². The van der Waals surface area contributed by atoms with Crippen LogP contribution in [0.15, 0.2) is 21.5 Å². The quantitative estimate of drug-likeness (QED) is 0.631. The van der Waals surface area contributed by atoms with Gasteiger partial charge in [0.1, 0.15) is 5.60 Å². The van der Waals surface area contributed by atoms with Gasteiger partial charge in [-0.15, -0.1) is 11.8 Å². The number of likely N-dealkylation sites (tertiary alicyclic amines) is 1. The Morgan fingerprint density at radius 1 is 1.33 bits per heavy atom. The van der Waals surface area contributed by atoms with Gasteiger partial charge in [-0.05, 0) is 44.9 Å². The highest BCUT2D eigenvalue weighted by molar-refractivity contribution is 9.10. The molecule has 3 aliphatic rings. The van der Waals surface area contributed by atoms with Gasteiger partial charge in [-0.2, -0.15) is 0 Å². The Morgan fingerprint density at radius 2 is 2.12 bits per heavy atom. The average molecular weight is 411 g/mol. The number of fused-ring (bicyclic) bond motifs is 3. The first-order valence-corrected chi connectivity index (χ1v) is 10.3. The van der Waals surface area contributed by atoms with Crippen molar-refractivity contribution in [3.05, 3.63) is 22.2 Å². The minimum Gasteiger partial charge on any atom is -0.444 e. The van der Waals surface area contributed by atoms with E-state index in [1.807, 2.05) is 37.4 Å². The van der Waals surface area contributed by atoms with E-state index < -0.39 is 5.60 Å². The monoisotopic (exact) mass is 410 g/mol. The van der Waals surface area contributed by atoms with Gasteiger partial charge in [0, 0.05) is 46.7 Å². The molecule has 2 atom stereocenters. The van der Waals surface area contributed by atoms with Crippen molar-refractivity contribution in [2.45, 2.75) is 49.6 Å². The van der Waals surface area contributed by atoms with Gasteiger partial charge in [-0.25, -0.2) is 4.79 Å². The summed E-state index contributed by atoms with van der Waals surface area (Å²) in [4.78, 5) is 18.3. The maximum atomic E-state index is 12.5. The second-order valence-electron chi connectivity index (χ2n) is 7.77. The fraction of sp³-hybridized carbons (Fsp3) is 0.611. The van der Waals surface area contributed by atoms with E-state index in [1.165, 1.54) is 16.1 Å². The lowest BCUT2D eigenvalue weighted by atomic mass is 9.89. The molecule has 0 bridgehead atoms. The topological polar surface area (TPSA) is 32.8 Å². The zero-order chi connectivity index (χ0) is 17.1. The Morgan fingerprint density at radius 3 is 2.88 bits per heavy atom. The number of carbonyl (C=O) groups is 1. The molecule has 4 nitrogen and oxygen atoms in total. The standard InChI is InChI=1S/C18H23BrN2O2S/c1-18(2,3)23-17(22)20-5-4-14-13(10-20)12-8-11(19)9-15-16(12)21(14)6-7-24-15/h8-9,13-14H,4-7,10H2,1-3H3. The zero-order valence-electron chi connectivity index (χ0n) is 14.3. The van der Waals surface area contributed by atoms with Crippen LogP contribution in [0, 0.1) is 0 Å². The summed E-state index contributed by atoms with van der Waals surface area (Å²) in [6.45, 7) is 8.42. The van der Waals surface area contributed by atoms with E-state index >= 15 is 0 Å². The van der Waals surface area contributed by atoms with Crippen LogP contribution in [-0.4, -0.2) is 48.0 Å². The van der Waals surface area contributed by atoms with E-state index in [0.717, 1.165) is 36.3 Å². The lowest BCUT2D eigenvalue weighted by molar-refractivity contribution is 0.0189. The summed E-state index contributed by atoms with van der Waals surface area (Å²) in [6, 6.07) is 5.01. The molecule has 6 heteroatoms. The number of benzene rings is 1. The molecule has 0 N–H and O–H groups in total. The molecular formula is C18H23BrN2O2S. The van der Waals surface area contributed by atoms with E-state index in [-0.39, 0.29) is 6.09 Å². The van der Waals surface area contributed by atoms with Crippen molar-refractivity contribution in [2.24, 2.45) is 0 Å². The fourth-order valence-electron chi connectivity index (χ4n) is 4.10. The highest BCUT2D eigenvalue weighted by Crippen LogP contribution is 2.52. The Hall–Kier alpha value is -0.880. The fourth-order valence-corrected chi connectivity index (χ4v) is 5.82. The number of piperidine rings is 1. The van der Waals surface area contributed by atoms with Crippen LogP contribution in [0.25, 0.3) is 0 Å². The Kier molecular flexibility index (Phi) is 4.03. The first-order valence-electron chi connectivity index (χ1n) is 8.54. The highest BCUT2D eigenvalue weighted by Gasteiger charge is 2.45. The normalized spacial score (nSPS) is 25.3. The van der Waals surface area contributed by atoms with Crippen LogP contribution in [0.5, 0.6) is 0 Å². The summed E-state index contributed by atoms with van der Waals surface area (Å²) < 4.78 is 6.73. The summed E-state index contributed by atoms with van der Waals surface area (Å²) in [6.07, 6.45) is 0.834. The highest BCUT2D eigenvalue weighted by atomic mass is 79.9. The molecule has 1 saturated heterocycles. The molecule has 0 saturated carbocycles. The molecule has 2 unspecified atom stereocenters. The first-order chi connectivity index (χ1) is 11.3. The van der Waals surface area contributed by atoms with Gasteiger partial charge in [0.2, 0.25) is 0 Å². The summed E-state index contributed by atoms with van der Waals surface area (Å²) in [5.41, 5.74) is 2.36. The molecule has 24 heavy (non-hydrogen) atoms. The van der Waals surface area contributed by atoms with Crippen molar-refractivity contribution in [2.75, 3.05) is 30.3 Å². The molecule has 130 valence electrons. The van der Waals surface area contributed by atoms with Crippen LogP contribution in [0.3, 0.4) is 0 Å². The molecule has 1 aromatic carbocycles. The van der Waals surface area contributed by atoms with Gasteiger partial charge in [0.15, 0.2) is 0 Å². The van der Waals surface area contributed by atoms with Gasteiger partial charge in [0.05, 0.1) is 5.69 Å². The van der Waals surface area contributed by atoms with E-state index in [0.29, 0.717) is 12.0 Å². The second kappa shape index (κ2) is 5.84. The number of anilines is 1.